The summed E-state index contributed by atoms with van der Waals surface area (Å²) in [6, 6.07) is 0.764. The van der Waals surface area contributed by atoms with Crippen LogP contribution in [0.15, 0.2) is 0 Å². The molecule has 0 radical (unpaired) electrons. The molecule has 2 heteroatoms. The highest BCUT2D eigenvalue weighted by atomic mass is 15.1. The minimum absolute atomic E-state index is 0.764. The van der Waals surface area contributed by atoms with E-state index in [1.807, 2.05) is 0 Å². The lowest BCUT2D eigenvalue weighted by atomic mass is 9.78. The summed E-state index contributed by atoms with van der Waals surface area (Å²) in [5.74, 6) is 1.79. The SMILES string of the molecule is CCNC1CCC(C)CC1CN(C)CC. The van der Waals surface area contributed by atoms with E-state index in [-0.39, 0.29) is 0 Å². The van der Waals surface area contributed by atoms with E-state index < -0.39 is 0 Å². The molecule has 0 aliphatic heterocycles. The molecule has 0 aromatic carbocycles. The van der Waals surface area contributed by atoms with Crippen molar-refractivity contribution in [2.45, 2.75) is 46.1 Å². The summed E-state index contributed by atoms with van der Waals surface area (Å²) in [6.45, 7) is 10.4. The molecule has 0 aromatic heterocycles. The molecule has 1 aliphatic rings. The first-order valence-electron chi connectivity index (χ1n) is 6.59. The Morgan fingerprint density at radius 2 is 2.00 bits per heavy atom. The number of rotatable bonds is 5. The van der Waals surface area contributed by atoms with E-state index >= 15 is 0 Å². The highest BCUT2D eigenvalue weighted by Crippen LogP contribution is 2.29. The zero-order chi connectivity index (χ0) is 11.3. The molecule has 1 saturated carbocycles. The van der Waals surface area contributed by atoms with Crippen LogP contribution in [0.1, 0.15) is 40.0 Å². The van der Waals surface area contributed by atoms with Crippen molar-refractivity contribution in [1.29, 1.82) is 0 Å². The van der Waals surface area contributed by atoms with Gasteiger partial charge in [-0.2, -0.15) is 0 Å². The maximum atomic E-state index is 3.66. The van der Waals surface area contributed by atoms with Gasteiger partial charge in [0.05, 0.1) is 0 Å². The van der Waals surface area contributed by atoms with Gasteiger partial charge in [0.25, 0.3) is 0 Å². The van der Waals surface area contributed by atoms with Crippen LogP contribution in [0.4, 0.5) is 0 Å². The molecule has 2 nitrogen and oxygen atoms in total. The molecular formula is C13H28N2. The second-order valence-corrected chi connectivity index (χ2v) is 5.20. The van der Waals surface area contributed by atoms with Crippen LogP contribution in [0.5, 0.6) is 0 Å². The van der Waals surface area contributed by atoms with Gasteiger partial charge < -0.3 is 10.2 Å². The molecule has 0 heterocycles. The quantitative estimate of drug-likeness (QED) is 0.752. The Morgan fingerprint density at radius 3 is 2.60 bits per heavy atom. The van der Waals surface area contributed by atoms with Gasteiger partial charge in [0.1, 0.15) is 0 Å². The van der Waals surface area contributed by atoms with Crippen LogP contribution in [-0.2, 0) is 0 Å². The number of hydrogen-bond acceptors (Lipinski definition) is 2. The molecule has 0 spiro atoms. The summed E-state index contributed by atoms with van der Waals surface area (Å²) in [5.41, 5.74) is 0. The van der Waals surface area contributed by atoms with Crippen LogP contribution >= 0.6 is 0 Å². The topological polar surface area (TPSA) is 15.3 Å². The highest BCUT2D eigenvalue weighted by Gasteiger charge is 2.28. The first kappa shape index (κ1) is 13.0. The molecule has 0 aromatic rings. The Hall–Kier alpha value is -0.0800. The van der Waals surface area contributed by atoms with Crippen molar-refractivity contribution >= 4 is 0 Å². The largest absolute Gasteiger partial charge is 0.314 e. The first-order valence-corrected chi connectivity index (χ1v) is 6.59. The lowest BCUT2D eigenvalue weighted by Gasteiger charge is -2.37. The van der Waals surface area contributed by atoms with Crippen molar-refractivity contribution in [3.05, 3.63) is 0 Å². The van der Waals surface area contributed by atoms with Gasteiger partial charge in [0.15, 0.2) is 0 Å². The number of hydrogen-bond donors (Lipinski definition) is 1. The maximum absolute atomic E-state index is 3.66. The predicted molar refractivity (Wildman–Crippen MR) is 67.1 cm³/mol. The zero-order valence-electron chi connectivity index (χ0n) is 10.9. The van der Waals surface area contributed by atoms with Gasteiger partial charge in [-0.15, -0.1) is 0 Å². The Kier molecular flexibility index (Phi) is 5.62. The van der Waals surface area contributed by atoms with Gasteiger partial charge in [-0.25, -0.2) is 0 Å². The Morgan fingerprint density at radius 1 is 1.27 bits per heavy atom. The molecule has 90 valence electrons. The van der Waals surface area contributed by atoms with Gasteiger partial charge in [-0.1, -0.05) is 20.8 Å². The van der Waals surface area contributed by atoms with Crippen molar-refractivity contribution in [3.8, 4) is 0 Å². The van der Waals surface area contributed by atoms with Gasteiger partial charge in [-0.3, -0.25) is 0 Å². The van der Waals surface area contributed by atoms with E-state index in [9.17, 15) is 0 Å². The second kappa shape index (κ2) is 6.49. The van der Waals surface area contributed by atoms with Crippen LogP contribution in [0.3, 0.4) is 0 Å². The van der Waals surface area contributed by atoms with Crippen molar-refractivity contribution in [2.24, 2.45) is 11.8 Å². The lowest BCUT2D eigenvalue weighted by molar-refractivity contribution is 0.165. The smallest absolute Gasteiger partial charge is 0.0108 e. The van der Waals surface area contributed by atoms with E-state index in [1.54, 1.807) is 0 Å². The highest BCUT2D eigenvalue weighted by molar-refractivity contribution is 4.84. The summed E-state index contributed by atoms with van der Waals surface area (Å²) < 4.78 is 0. The third kappa shape index (κ3) is 4.12. The number of nitrogens with one attached hydrogen (secondary N) is 1. The molecule has 1 fully saturated rings. The average Bonchev–Trinajstić information content (AvgIpc) is 2.22. The summed E-state index contributed by atoms with van der Waals surface area (Å²) in [4.78, 5) is 2.45. The summed E-state index contributed by atoms with van der Waals surface area (Å²) in [7, 11) is 2.24. The Bertz CT molecular complexity index is 170. The van der Waals surface area contributed by atoms with Crippen LogP contribution in [0.25, 0.3) is 0 Å². The zero-order valence-corrected chi connectivity index (χ0v) is 10.9. The summed E-state index contributed by atoms with van der Waals surface area (Å²) in [6.07, 6.45) is 4.18. The maximum Gasteiger partial charge on any atom is 0.0108 e. The van der Waals surface area contributed by atoms with Crippen LogP contribution in [0, 0.1) is 11.8 Å². The van der Waals surface area contributed by atoms with Crippen molar-refractivity contribution in [1.82, 2.24) is 10.2 Å². The first-order chi connectivity index (χ1) is 7.17. The van der Waals surface area contributed by atoms with Crippen molar-refractivity contribution in [3.63, 3.8) is 0 Å². The molecule has 1 aliphatic carbocycles. The van der Waals surface area contributed by atoms with Crippen LogP contribution < -0.4 is 5.32 Å². The van der Waals surface area contributed by atoms with Crippen LogP contribution in [-0.4, -0.2) is 37.6 Å². The fourth-order valence-corrected chi connectivity index (χ4v) is 2.76. The van der Waals surface area contributed by atoms with Gasteiger partial charge in [-0.05, 0) is 51.2 Å². The standard InChI is InChI=1S/C13H28N2/c1-5-14-13-8-7-11(3)9-12(13)10-15(4)6-2/h11-14H,5-10H2,1-4H3. The minimum atomic E-state index is 0.764. The predicted octanol–water partition coefficient (Wildman–Crippen LogP) is 2.35. The Labute approximate surface area is 95.4 Å². The van der Waals surface area contributed by atoms with E-state index in [1.165, 1.54) is 32.4 Å². The third-order valence-electron chi connectivity index (χ3n) is 3.80. The molecule has 3 atom stereocenters. The lowest BCUT2D eigenvalue weighted by Crippen LogP contribution is -2.44. The Balaban J connectivity index is 2.45. The third-order valence-corrected chi connectivity index (χ3v) is 3.80. The minimum Gasteiger partial charge on any atom is -0.314 e. The molecule has 1 N–H and O–H groups in total. The summed E-state index contributed by atoms with van der Waals surface area (Å²) >= 11 is 0. The van der Waals surface area contributed by atoms with Crippen molar-refractivity contribution < 1.29 is 0 Å². The second-order valence-electron chi connectivity index (χ2n) is 5.20. The van der Waals surface area contributed by atoms with Crippen LogP contribution in [0.2, 0.25) is 0 Å². The van der Waals surface area contributed by atoms with Crippen molar-refractivity contribution in [2.75, 3.05) is 26.7 Å². The van der Waals surface area contributed by atoms with E-state index in [2.05, 4.69) is 38.0 Å². The fraction of sp³-hybridized carbons (Fsp3) is 1.00. The summed E-state index contributed by atoms with van der Waals surface area (Å²) in [5, 5.41) is 3.66. The van der Waals surface area contributed by atoms with E-state index in [4.69, 9.17) is 0 Å². The van der Waals surface area contributed by atoms with E-state index in [0.717, 1.165) is 24.4 Å². The van der Waals surface area contributed by atoms with E-state index in [0.29, 0.717) is 0 Å². The molecule has 0 amide bonds. The molecule has 1 rings (SSSR count). The molecule has 3 unspecified atom stereocenters. The fourth-order valence-electron chi connectivity index (χ4n) is 2.76. The molecule has 0 bridgehead atoms. The molecule has 0 saturated heterocycles. The van der Waals surface area contributed by atoms with Gasteiger partial charge in [0, 0.05) is 12.6 Å². The normalized spacial score (nSPS) is 32.2. The van der Waals surface area contributed by atoms with Gasteiger partial charge >= 0.3 is 0 Å². The molecule has 15 heavy (non-hydrogen) atoms. The van der Waals surface area contributed by atoms with Gasteiger partial charge in [0.2, 0.25) is 0 Å². The molecular weight excluding hydrogens is 184 g/mol. The number of nitrogens with zero attached hydrogens (tertiary/aromatic N) is 1. The average molecular weight is 212 g/mol. The monoisotopic (exact) mass is 212 g/mol.